The van der Waals surface area contributed by atoms with Crippen molar-refractivity contribution in [2.75, 3.05) is 11.9 Å². The predicted molar refractivity (Wildman–Crippen MR) is 59.9 cm³/mol. The molecular weight excluding hydrogens is 228 g/mol. The van der Waals surface area contributed by atoms with Crippen molar-refractivity contribution in [1.29, 1.82) is 0 Å². The zero-order valence-electron chi connectivity index (χ0n) is 8.05. The smallest absolute Gasteiger partial charge is 0.106 e. The van der Waals surface area contributed by atoms with Crippen molar-refractivity contribution in [2.24, 2.45) is 5.92 Å². The van der Waals surface area contributed by atoms with Crippen molar-refractivity contribution in [3.05, 3.63) is 22.9 Å². The normalized spacial score (nSPS) is 10.5. The Hall–Kier alpha value is -0.570. The molecular formula is C10H15BrN2. The molecule has 0 unspecified atom stereocenters. The quantitative estimate of drug-likeness (QED) is 0.820. The third kappa shape index (κ3) is 4.27. The minimum Gasteiger partial charge on any atom is -0.384 e. The summed E-state index contributed by atoms with van der Waals surface area (Å²) >= 11 is 3.30. The molecule has 2 nitrogen and oxygen atoms in total. The number of nitrogens with zero attached hydrogens (tertiary/aromatic N) is 1. The molecule has 0 atom stereocenters. The van der Waals surface area contributed by atoms with Crippen LogP contribution in [0.2, 0.25) is 0 Å². The molecule has 0 aromatic carbocycles. The Morgan fingerprint density at radius 1 is 1.46 bits per heavy atom. The predicted octanol–water partition coefficient (Wildman–Crippen LogP) is 3.30. The van der Waals surface area contributed by atoms with Gasteiger partial charge in [0.05, 0.1) is 11.9 Å². The zero-order valence-corrected chi connectivity index (χ0v) is 9.63. The number of anilines is 1. The summed E-state index contributed by atoms with van der Waals surface area (Å²) in [5.74, 6) is 0.746. The van der Waals surface area contributed by atoms with Gasteiger partial charge in [0.25, 0.3) is 0 Å². The molecule has 0 aliphatic rings. The largest absolute Gasteiger partial charge is 0.384 e. The average molecular weight is 243 g/mol. The molecule has 0 radical (unpaired) electrons. The van der Waals surface area contributed by atoms with Gasteiger partial charge in [0.1, 0.15) is 4.60 Å². The Morgan fingerprint density at radius 2 is 2.23 bits per heavy atom. The van der Waals surface area contributed by atoms with Crippen molar-refractivity contribution in [3.8, 4) is 0 Å². The maximum atomic E-state index is 4.13. The van der Waals surface area contributed by atoms with E-state index in [1.165, 1.54) is 6.42 Å². The first kappa shape index (κ1) is 10.5. The van der Waals surface area contributed by atoms with E-state index in [2.05, 4.69) is 40.1 Å². The Labute approximate surface area is 87.9 Å². The maximum absolute atomic E-state index is 4.13. The van der Waals surface area contributed by atoms with E-state index in [1.807, 2.05) is 18.3 Å². The summed E-state index contributed by atoms with van der Waals surface area (Å²) in [6.07, 6.45) is 3.03. The second-order valence-corrected chi connectivity index (χ2v) is 4.29. The van der Waals surface area contributed by atoms with Gasteiger partial charge in [-0.25, -0.2) is 4.98 Å². The van der Waals surface area contributed by atoms with Crippen LogP contribution in [0.25, 0.3) is 0 Å². The summed E-state index contributed by atoms with van der Waals surface area (Å²) in [4.78, 5) is 4.13. The molecule has 1 aromatic heterocycles. The van der Waals surface area contributed by atoms with E-state index in [-0.39, 0.29) is 0 Å². The van der Waals surface area contributed by atoms with Crippen LogP contribution in [0.5, 0.6) is 0 Å². The van der Waals surface area contributed by atoms with Crippen molar-refractivity contribution in [1.82, 2.24) is 4.98 Å². The first-order chi connectivity index (χ1) is 6.18. The Kier molecular flexibility index (Phi) is 4.22. The lowest BCUT2D eigenvalue weighted by molar-refractivity contribution is 0.607. The third-order valence-corrected chi connectivity index (χ3v) is 2.25. The van der Waals surface area contributed by atoms with Gasteiger partial charge in [0, 0.05) is 6.54 Å². The highest BCUT2D eigenvalue weighted by Gasteiger charge is 1.94. The SMILES string of the molecule is CC(C)CCNc1ccc(Br)nc1. The topological polar surface area (TPSA) is 24.9 Å². The van der Waals surface area contributed by atoms with E-state index < -0.39 is 0 Å². The van der Waals surface area contributed by atoms with E-state index >= 15 is 0 Å². The van der Waals surface area contributed by atoms with Crippen LogP contribution in [-0.4, -0.2) is 11.5 Å². The van der Waals surface area contributed by atoms with E-state index in [0.29, 0.717) is 0 Å². The van der Waals surface area contributed by atoms with Crippen molar-refractivity contribution >= 4 is 21.6 Å². The van der Waals surface area contributed by atoms with Crippen LogP contribution < -0.4 is 5.32 Å². The molecule has 1 rings (SSSR count). The lowest BCUT2D eigenvalue weighted by atomic mass is 10.1. The van der Waals surface area contributed by atoms with Crippen molar-refractivity contribution < 1.29 is 0 Å². The molecule has 72 valence electrons. The number of hydrogen-bond acceptors (Lipinski definition) is 2. The van der Waals surface area contributed by atoms with Gasteiger partial charge >= 0.3 is 0 Å². The second kappa shape index (κ2) is 5.22. The fraction of sp³-hybridized carbons (Fsp3) is 0.500. The second-order valence-electron chi connectivity index (χ2n) is 3.48. The Morgan fingerprint density at radius 3 is 2.77 bits per heavy atom. The van der Waals surface area contributed by atoms with E-state index in [4.69, 9.17) is 0 Å². The summed E-state index contributed by atoms with van der Waals surface area (Å²) in [6.45, 7) is 5.46. The minimum absolute atomic E-state index is 0.746. The number of halogens is 1. The highest BCUT2D eigenvalue weighted by atomic mass is 79.9. The van der Waals surface area contributed by atoms with Crippen LogP contribution in [0.3, 0.4) is 0 Å². The molecule has 0 fully saturated rings. The van der Waals surface area contributed by atoms with Gasteiger partial charge in [0.15, 0.2) is 0 Å². The molecule has 1 heterocycles. The van der Waals surface area contributed by atoms with Gasteiger partial charge < -0.3 is 5.32 Å². The highest BCUT2D eigenvalue weighted by molar-refractivity contribution is 9.10. The minimum atomic E-state index is 0.746. The van der Waals surface area contributed by atoms with Crippen molar-refractivity contribution in [3.63, 3.8) is 0 Å². The summed E-state index contributed by atoms with van der Waals surface area (Å²) < 4.78 is 0.877. The molecule has 0 saturated carbocycles. The van der Waals surface area contributed by atoms with Crippen LogP contribution in [0.1, 0.15) is 20.3 Å². The Bertz CT molecular complexity index is 244. The van der Waals surface area contributed by atoms with Crippen LogP contribution in [0, 0.1) is 5.92 Å². The van der Waals surface area contributed by atoms with Gasteiger partial charge in [-0.1, -0.05) is 13.8 Å². The number of pyridine rings is 1. The summed E-state index contributed by atoms with van der Waals surface area (Å²) in [7, 11) is 0. The van der Waals surface area contributed by atoms with E-state index in [9.17, 15) is 0 Å². The van der Waals surface area contributed by atoms with E-state index in [0.717, 1.165) is 22.8 Å². The van der Waals surface area contributed by atoms with Crippen LogP contribution >= 0.6 is 15.9 Å². The molecule has 1 N–H and O–H groups in total. The summed E-state index contributed by atoms with van der Waals surface area (Å²) in [5.41, 5.74) is 1.09. The highest BCUT2D eigenvalue weighted by Crippen LogP contribution is 2.10. The molecule has 13 heavy (non-hydrogen) atoms. The van der Waals surface area contributed by atoms with Crippen LogP contribution in [0.15, 0.2) is 22.9 Å². The first-order valence-electron chi connectivity index (χ1n) is 4.54. The van der Waals surface area contributed by atoms with Gasteiger partial charge in [-0.2, -0.15) is 0 Å². The molecule has 0 aliphatic carbocycles. The molecule has 0 amide bonds. The first-order valence-corrected chi connectivity index (χ1v) is 5.33. The Balaban J connectivity index is 2.33. The molecule has 0 bridgehead atoms. The van der Waals surface area contributed by atoms with Gasteiger partial charge in [-0.3, -0.25) is 0 Å². The van der Waals surface area contributed by atoms with Gasteiger partial charge in [0.2, 0.25) is 0 Å². The van der Waals surface area contributed by atoms with Crippen molar-refractivity contribution in [2.45, 2.75) is 20.3 Å². The van der Waals surface area contributed by atoms with Crippen LogP contribution in [0.4, 0.5) is 5.69 Å². The molecule has 0 spiro atoms. The monoisotopic (exact) mass is 242 g/mol. The van der Waals surface area contributed by atoms with Gasteiger partial charge in [-0.05, 0) is 40.4 Å². The molecule has 3 heteroatoms. The third-order valence-electron chi connectivity index (χ3n) is 1.78. The molecule has 0 saturated heterocycles. The average Bonchev–Trinajstić information content (AvgIpc) is 2.08. The standard InChI is InChI=1S/C10H15BrN2/c1-8(2)5-6-12-9-3-4-10(11)13-7-9/h3-4,7-8,12H,5-6H2,1-2H3. The molecule has 1 aromatic rings. The fourth-order valence-electron chi connectivity index (χ4n) is 0.986. The summed E-state index contributed by atoms with van der Waals surface area (Å²) in [6, 6.07) is 3.97. The molecule has 0 aliphatic heterocycles. The van der Waals surface area contributed by atoms with Crippen LogP contribution in [-0.2, 0) is 0 Å². The van der Waals surface area contributed by atoms with E-state index in [1.54, 1.807) is 0 Å². The van der Waals surface area contributed by atoms with Gasteiger partial charge in [-0.15, -0.1) is 0 Å². The number of rotatable bonds is 4. The summed E-state index contributed by atoms with van der Waals surface area (Å²) in [5, 5.41) is 3.32. The maximum Gasteiger partial charge on any atom is 0.106 e. The zero-order chi connectivity index (χ0) is 9.68. The lowest BCUT2D eigenvalue weighted by Crippen LogP contribution is -2.04. The number of nitrogens with one attached hydrogen (secondary N) is 1. The number of aromatic nitrogens is 1. The number of hydrogen-bond donors (Lipinski definition) is 1. The fourth-order valence-corrected chi connectivity index (χ4v) is 1.22. The lowest BCUT2D eigenvalue weighted by Gasteiger charge is -2.07.